The Morgan fingerprint density at radius 2 is 2.07 bits per heavy atom. The van der Waals surface area contributed by atoms with Crippen LogP contribution in [-0.2, 0) is 5.41 Å². The van der Waals surface area contributed by atoms with Crippen molar-refractivity contribution in [2.45, 2.75) is 39.0 Å². The largest absolute Gasteiger partial charge is 0.369 e. The summed E-state index contributed by atoms with van der Waals surface area (Å²) in [5, 5.41) is 3.26. The summed E-state index contributed by atoms with van der Waals surface area (Å²) in [5.41, 5.74) is 1.25. The molecule has 0 radical (unpaired) electrons. The van der Waals surface area contributed by atoms with Crippen molar-refractivity contribution in [3.05, 3.63) is 16.0 Å². The number of aryl methyl sites for hydroxylation is 1. The summed E-state index contributed by atoms with van der Waals surface area (Å²) >= 11 is 3.51. The molecule has 2 rings (SSSR count). The predicted molar refractivity (Wildman–Crippen MR) is 65.2 cm³/mol. The summed E-state index contributed by atoms with van der Waals surface area (Å²) in [6.07, 6.45) is 2.42. The molecule has 0 unspecified atom stereocenters. The molecule has 0 bridgehead atoms. The van der Waals surface area contributed by atoms with Crippen LogP contribution in [-0.4, -0.2) is 16.5 Å². The summed E-state index contributed by atoms with van der Waals surface area (Å²) in [4.78, 5) is 9.14. The van der Waals surface area contributed by atoms with Gasteiger partial charge < -0.3 is 5.32 Å². The lowest BCUT2D eigenvalue weighted by Crippen LogP contribution is -2.12. The van der Waals surface area contributed by atoms with Gasteiger partial charge in [-0.15, -0.1) is 0 Å². The molecule has 82 valence electrons. The van der Waals surface area contributed by atoms with E-state index in [9.17, 15) is 0 Å². The van der Waals surface area contributed by atoms with Crippen molar-refractivity contribution in [2.24, 2.45) is 0 Å². The zero-order valence-electron chi connectivity index (χ0n) is 9.39. The maximum Gasteiger partial charge on any atom is 0.144 e. The fourth-order valence-electron chi connectivity index (χ4n) is 1.52. The Balaban J connectivity index is 2.41. The van der Waals surface area contributed by atoms with E-state index in [0.29, 0.717) is 0 Å². The number of anilines is 1. The summed E-state index contributed by atoms with van der Waals surface area (Å²) < 4.78 is 0.984. The van der Waals surface area contributed by atoms with Crippen molar-refractivity contribution in [1.29, 1.82) is 0 Å². The molecule has 1 fully saturated rings. The minimum absolute atomic E-state index is 0.232. The van der Waals surface area contributed by atoms with Gasteiger partial charge in [0.1, 0.15) is 11.6 Å². The lowest BCUT2D eigenvalue weighted by atomic mass is 10.1. The first-order valence-corrected chi connectivity index (χ1v) is 6.14. The van der Waals surface area contributed by atoms with Crippen molar-refractivity contribution in [2.75, 3.05) is 11.9 Å². The smallest absolute Gasteiger partial charge is 0.144 e. The maximum absolute atomic E-state index is 4.59. The van der Waals surface area contributed by atoms with E-state index in [1.807, 2.05) is 6.92 Å². The van der Waals surface area contributed by atoms with Crippen LogP contribution >= 0.6 is 15.9 Å². The zero-order chi connectivity index (χ0) is 11.1. The quantitative estimate of drug-likeness (QED) is 0.917. The Hall–Kier alpha value is -0.640. The van der Waals surface area contributed by atoms with E-state index in [1.165, 1.54) is 12.8 Å². The van der Waals surface area contributed by atoms with Gasteiger partial charge in [0, 0.05) is 12.0 Å². The molecular weight excluding hydrogens is 254 g/mol. The molecule has 3 nitrogen and oxygen atoms in total. The fraction of sp³-hybridized carbons (Fsp3) is 0.636. The molecule has 1 heterocycles. The van der Waals surface area contributed by atoms with Gasteiger partial charge in [-0.3, -0.25) is 0 Å². The monoisotopic (exact) mass is 269 g/mol. The Labute approximate surface area is 98.8 Å². The molecule has 1 N–H and O–H groups in total. The van der Waals surface area contributed by atoms with E-state index in [1.54, 1.807) is 0 Å². The third-order valence-corrected chi connectivity index (χ3v) is 3.85. The predicted octanol–water partition coefficient (Wildman–Crippen LogP) is 3.03. The first-order chi connectivity index (χ1) is 7.07. The summed E-state index contributed by atoms with van der Waals surface area (Å²) in [7, 11) is 0. The third kappa shape index (κ3) is 2.00. The molecule has 4 heteroatoms. The molecule has 0 aliphatic heterocycles. The Morgan fingerprint density at radius 3 is 2.60 bits per heavy atom. The van der Waals surface area contributed by atoms with Crippen LogP contribution in [0.4, 0.5) is 5.82 Å². The van der Waals surface area contributed by atoms with Gasteiger partial charge in [0.2, 0.25) is 0 Å². The second kappa shape index (κ2) is 3.74. The fourth-order valence-corrected chi connectivity index (χ4v) is 1.84. The molecule has 1 aliphatic rings. The molecule has 15 heavy (non-hydrogen) atoms. The molecule has 0 aromatic carbocycles. The number of rotatable bonds is 3. The van der Waals surface area contributed by atoms with Crippen LogP contribution in [0.3, 0.4) is 0 Å². The average Bonchev–Trinajstić information content (AvgIpc) is 2.93. The summed E-state index contributed by atoms with van der Waals surface area (Å²) in [6.45, 7) is 7.20. The molecule has 0 amide bonds. The molecular formula is C11H16BrN3. The molecule has 1 aromatic rings. The molecule has 1 saturated carbocycles. The van der Waals surface area contributed by atoms with Gasteiger partial charge in [-0.25, -0.2) is 9.97 Å². The van der Waals surface area contributed by atoms with Crippen LogP contribution in [0, 0.1) is 6.92 Å². The van der Waals surface area contributed by atoms with Gasteiger partial charge in [-0.2, -0.15) is 0 Å². The van der Waals surface area contributed by atoms with E-state index in [0.717, 1.165) is 28.4 Å². The minimum Gasteiger partial charge on any atom is -0.369 e. The van der Waals surface area contributed by atoms with Crippen LogP contribution in [0.15, 0.2) is 4.47 Å². The van der Waals surface area contributed by atoms with Crippen molar-refractivity contribution in [3.8, 4) is 0 Å². The number of nitrogens with zero attached hydrogens (tertiary/aromatic N) is 2. The second-order valence-corrected chi connectivity index (χ2v) is 5.18. The molecule has 1 aromatic heterocycles. The highest BCUT2D eigenvalue weighted by Gasteiger charge is 2.42. The van der Waals surface area contributed by atoms with Crippen LogP contribution in [0.1, 0.15) is 38.2 Å². The lowest BCUT2D eigenvalue weighted by Gasteiger charge is -2.13. The van der Waals surface area contributed by atoms with Crippen molar-refractivity contribution >= 4 is 21.7 Å². The third-order valence-electron chi connectivity index (χ3n) is 2.90. The van der Waals surface area contributed by atoms with Crippen LogP contribution in [0.2, 0.25) is 0 Å². The lowest BCUT2D eigenvalue weighted by molar-refractivity contribution is 0.702. The van der Waals surface area contributed by atoms with E-state index in [2.05, 4.69) is 45.1 Å². The Kier molecular flexibility index (Phi) is 2.71. The first kappa shape index (κ1) is 10.9. The molecule has 1 aliphatic carbocycles. The zero-order valence-corrected chi connectivity index (χ0v) is 11.0. The molecule has 0 saturated heterocycles. The van der Waals surface area contributed by atoms with E-state index < -0.39 is 0 Å². The van der Waals surface area contributed by atoms with Crippen LogP contribution < -0.4 is 5.32 Å². The van der Waals surface area contributed by atoms with E-state index in [4.69, 9.17) is 0 Å². The highest BCUT2D eigenvalue weighted by molar-refractivity contribution is 9.10. The van der Waals surface area contributed by atoms with Gasteiger partial charge in [0.15, 0.2) is 0 Å². The molecule has 0 spiro atoms. The SMILES string of the molecule is CCNc1nc(C2(C)CC2)nc(C)c1Br. The van der Waals surface area contributed by atoms with Gasteiger partial charge in [0.25, 0.3) is 0 Å². The number of nitrogens with one attached hydrogen (secondary N) is 1. The van der Waals surface area contributed by atoms with Gasteiger partial charge in [-0.05, 0) is 42.6 Å². The topological polar surface area (TPSA) is 37.8 Å². The summed E-state index contributed by atoms with van der Waals surface area (Å²) in [6, 6.07) is 0. The number of halogens is 1. The van der Waals surface area contributed by atoms with Crippen molar-refractivity contribution < 1.29 is 0 Å². The highest BCUT2D eigenvalue weighted by atomic mass is 79.9. The number of aromatic nitrogens is 2. The molecule has 0 atom stereocenters. The van der Waals surface area contributed by atoms with Crippen molar-refractivity contribution in [3.63, 3.8) is 0 Å². The van der Waals surface area contributed by atoms with Crippen molar-refractivity contribution in [1.82, 2.24) is 9.97 Å². The number of hydrogen-bond acceptors (Lipinski definition) is 3. The maximum atomic E-state index is 4.59. The highest BCUT2D eigenvalue weighted by Crippen LogP contribution is 2.46. The second-order valence-electron chi connectivity index (χ2n) is 4.39. The number of hydrogen-bond donors (Lipinski definition) is 1. The van der Waals surface area contributed by atoms with Gasteiger partial charge >= 0.3 is 0 Å². The van der Waals surface area contributed by atoms with E-state index in [-0.39, 0.29) is 5.41 Å². The van der Waals surface area contributed by atoms with Crippen LogP contribution in [0.25, 0.3) is 0 Å². The minimum atomic E-state index is 0.232. The average molecular weight is 270 g/mol. The van der Waals surface area contributed by atoms with Gasteiger partial charge in [-0.1, -0.05) is 6.92 Å². The first-order valence-electron chi connectivity index (χ1n) is 5.35. The standard InChI is InChI=1S/C11H16BrN3/c1-4-13-9-8(12)7(2)14-10(15-9)11(3)5-6-11/h4-6H2,1-3H3,(H,13,14,15). The Bertz CT molecular complexity index is 386. The van der Waals surface area contributed by atoms with Gasteiger partial charge in [0.05, 0.1) is 10.2 Å². The Morgan fingerprint density at radius 1 is 1.40 bits per heavy atom. The normalized spacial score (nSPS) is 17.6. The van der Waals surface area contributed by atoms with Crippen LogP contribution in [0.5, 0.6) is 0 Å². The van der Waals surface area contributed by atoms with E-state index >= 15 is 0 Å². The summed E-state index contributed by atoms with van der Waals surface area (Å²) in [5.74, 6) is 1.91.